The Morgan fingerprint density at radius 3 is 2.29 bits per heavy atom. The lowest BCUT2D eigenvalue weighted by Crippen LogP contribution is -2.34. The summed E-state index contributed by atoms with van der Waals surface area (Å²) in [5, 5.41) is 0. The standard InChI is InChI=1S/C13H22N2O4S2/c1-4-6-10(5-2)15-21(18,19)13-9-11(20(3,16)17)7-8-12(13)14/h7-10,15H,4-6,14H2,1-3H3. The van der Waals surface area contributed by atoms with Gasteiger partial charge in [-0.25, -0.2) is 21.6 Å². The maximum absolute atomic E-state index is 12.4. The van der Waals surface area contributed by atoms with E-state index in [0.717, 1.165) is 18.7 Å². The summed E-state index contributed by atoms with van der Waals surface area (Å²) in [6.07, 6.45) is 3.23. The van der Waals surface area contributed by atoms with Gasteiger partial charge in [0, 0.05) is 12.3 Å². The topological polar surface area (TPSA) is 106 Å². The zero-order chi connectivity index (χ0) is 16.3. The maximum atomic E-state index is 12.4. The molecule has 0 saturated heterocycles. The largest absolute Gasteiger partial charge is 0.398 e. The molecule has 0 fully saturated rings. The van der Waals surface area contributed by atoms with Crippen molar-refractivity contribution >= 4 is 25.5 Å². The van der Waals surface area contributed by atoms with Gasteiger partial charge in [0.05, 0.1) is 10.6 Å². The molecule has 120 valence electrons. The van der Waals surface area contributed by atoms with E-state index in [9.17, 15) is 16.8 Å². The first-order chi connectivity index (χ1) is 9.61. The van der Waals surface area contributed by atoms with Gasteiger partial charge < -0.3 is 5.73 Å². The van der Waals surface area contributed by atoms with E-state index in [0.29, 0.717) is 12.8 Å². The number of nitrogens with one attached hydrogen (secondary N) is 1. The summed E-state index contributed by atoms with van der Waals surface area (Å²) in [6.45, 7) is 3.86. The lowest BCUT2D eigenvalue weighted by Gasteiger charge is -2.17. The van der Waals surface area contributed by atoms with Crippen LogP contribution in [0.25, 0.3) is 0 Å². The molecule has 1 rings (SSSR count). The number of hydrogen-bond acceptors (Lipinski definition) is 5. The average molecular weight is 334 g/mol. The molecule has 21 heavy (non-hydrogen) atoms. The Balaban J connectivity index is 3.25. The summed E-state index contributed by atoms with van der Waals surface area (Å²) in [6, 6.07) is 3.51. The smallest absolute Gasteiger partial charge is 0.242 e. The van der Waals surface area contributed by atoms with Crippen LogP contribution in [0.5, 0.6) is 0 Å². The summed E-state index contributed by atoms with van der Waals surface area (Å²) >= 11 is 0. The summed E-state index contributed by atoms with van der Waals surface area (Å²) in [7, 11) is -7.34. The Kier molecular flexibility index (Phi) is 5.77. The third kappa shape index (κ3) is 4.69. The first-order valence-corrected chi connectivity index (χ1v) is 10.1. The predicted octanol–water partition coefficient (Wildman–Crippen LogP) is 1.53. The van der Waals surface area contributed by atoms with Gasteiger partial charge in [-0.05, 0) is 31.0 Å². The number of nitrogens with two attached hydrogens (primary N) is 1. The van der Waals surface area contributed by atoms with Gasteiger partial charge in [0.2, 0.25) is 10.0 Å². The number of sulfonamides is 1. The van der Waals surface area contributed by atoms with E-state index in [1.807, 2.05) is 13.8 Å². The van der Waals surface area contributed by atoms with Gasteiger partial charge in [-0.15, -0.1) is 0 Å². The number of sulfone groups is 1. The van der Waals surface area contributed by atoms with Crippen LogP contribution in [0.1, 0.15) is 33.1 Å². The minimum atomic E-state index is -3.85. The van der Waals surface area contributed by atoms with Crippen molar-refractivity contribution in [1.29, 1.82) is 0 Å². The fourth-order valence-electron chi connectivity index (χ4n) is 1.96. The van der Waals surface area contributed by atoms with Crippen LogP contribution in [0.3, 0.4) is 0 Å². The molecule has 1 aromatic rings. The minimum Gasteiger partial charge on any atom is -0.398 e. The maximum Gasteiger partial charge on any atom is 0.242 e. The molecular formula is C13H22N2O4S2. The molecular weight excluding hydrogens is 312 g/mol. The van der Waals surface area contributed by atoms with Crippen molar-refractivity contribution in [1.82, 2.24) is 4.72 Å². The van der Waals surface area contributed by atoms with Gasteiger partial charge in [-0.2, -0.15) is 0 Å². The highest BCUT2D eigenvalue weighted by Crippen LogP contribution is 2.23. The zero-order valence-electron chi connectivity index (χ0n) is 12.5. The molecule has 0 saturated carbocycles. The van der Waals surface area contributed by atoms with Crippen molar-refractivity contribution in [2.24, 2.45) is 0 Å². The van der Waals surface area contributed by atoms with Gasteiger partial charge in [-0.1, -0.05) is 20.3 Å². The van der Waals surface area contributed by atoms with Crippen LogP contribution in [-0.2, 0) is 19.9 Å². The van der Waals surface area contributed by atoms with E-state index in [-0.39, 0.29) is 21.5 Å². The van der Waals surface area contributed by atoms with Crippen molar-refractivity contribution in [2.75, 3.05) is 12.0 Å². The van der Waals surface area contributed by atoms with Gasteiger partial charge in [-0.3, -0.25) is 0 Å². The molecule has 0 heterocycles. The molecule has 0 bridgehead atoms. The first-order valence-electron chi connectivity index (χ1n) is 6.73. The van der Waals surface area contributed by atoms with Crippen LogP contribution in [0.15, 0.2) is 28.0 Å². The molecule has 1 aromatic carbocycles. The van der Waals surface area contributed by atoms with Crippen LogP contribution in [0.4, 0.5) is 5.69 Å². The monoisotopic (exact) mass is 334 g/mol. The van der Waals surface area contributed by atoms with Crippen LogP contribution < -0.4 is 10.5 Å². The Labute approximate surface area is 126 Å². The summed E-state index contributed by atoms with van der Waals surface area (Å²) in [5.74, 6) is 0. The lowest BCUT2D eigenvalue weighted by molar-refractivity contribution is 0.512. The van der Waals surface area contributed by atoms with Gasteiger partial charge >= 0.3 is 0 Å². The fourth-order valence-corrected chi connectivity index (χ4v) is 4.19. The summed E-state index contributed by atoms with van der Waals surface area (Å²) in [5.41, 5.74) is 5.72. The van der Waals surface area contributed by atoms with E-state index in [2.05, 4.69) is 4.72 Å². The molecule has 0 aliphatic carbocycles. The number of benzene rings is 1. The number of hydrogen-bond donors (Lipinski definition) is 2. The molecule has 0 aromatic heterocycles. The van der Waals surface area contributed by atoms with Crippen molar-refractivity contribution in [3.05, 3.63) is 18.2 Å². The van der Waals surface area contributed by atoms with E-state index < -0.39 is 19.9 Å². The molecule has 0 radical (unpaired) electrons. The van der Waals surface area contributed by atoms with Crippen molar-refractivity contribution in [2.45, 2.75) is 48.9 Å². The van der Waals surface area contributed by atoms with Crippen molar-refractivity contribution in [3.8, 4) is 0 Å². The Morgan fingerprint density at radius 2 is 1.81 bits per heavy atom. The Bertz CT molecular complexity index is 697. The minimum absolute atomic E-state index is 0.0289. The van der Waals surface area contributed by atoms with E-state index in [4.69, 9.17) is 5.73 Å². The lowest BCUT2D eigenvalue weighted by atomic mass is 10.1. The molecule has 0 amide bonds. The molecule has 1 atom stereocenters. The Hall–Kier alpha value is -1.12. The van der Waals surface area contributed by atoms with Crippen LogP contribution >= 0.6 is 0 Å². The van der Waals surface area contributed by atoms with Crippen molar-refractivity contribution in [3.63, 3.8) is 0 Å². The zero-order valence-corrected chi connectivity index (χ0v) is 14.1. The second-order valence-electron chi connectivity index (χ2n) is 4.99. The van der Waals surface area contributed by atoms with E-state index in [1.54, 1.807) is 0 Å². The second kappa shape index (κ2) is 6.76. The van der Waals surface area contributed by atoms with Crippen LogP contribution in [0.2, 0.25) is 0 Å². The Morgan fingerprint density at radius 1 is 1.19 bits per heavy atom. The summed E-state index contributed by atoms with van der Waals surface area (Å²) in [4.78, 5) is -0.263. The third-order valence-electron chi connectivity index (χ3n) is 3.15. The molecule has 8 heteroatoms. The molecule has 0 spiro atoms. The summed E-state index contributed by atoms with van der Waals surface area (Å²) < 4.78 is 50.5. The first kappa shape index (κ1) is 17.9. The molecule has 6 nitrogen and oxygen atoms in total. The predicted molar refractivity (Wildman–Crippen MR) is 83.3 cm³/mol. The highest BCUT2D eigenvalue weighted by Gasteiger charge is 2.23. The highest BCUT2D eigenvalue weighted by atomic mass is 32.2. The normalized spacial score (nSPS) is 14.0. The molecule has 1 unspecified atom stereocenters. The molecule has 0 aliphatic rings. The highest BCUT2D eigenvalue weighted by molar-refractivity contribution is 7.91. The average Bonchev–Trinajstić information content (AvgIpc) is 2.36. The number of anilines is 1. The van der Waals surface area contributed by atoms with E-state index in [1.165, 1.54) is 12.1 Å². The van der Waals surface area contributed by atoms with Crippen molar-refractivity contribution < 1.29 is 16.8 Å². The third-order valence-corrected chi connectivity index (χ3v) is 5.84. The van der Waals surface area contributed by atoms with Gasteiger partial charge in [0.1, 0.15) is 4.90 Å². The molecule has 0 aliphatic heterocycles. The van der Waals surface area contributed by atoms with Crippen LogP contribution in [-0.4, -0.2) is 29.1 Å². The van der Waals surface area contributed by atoms with Crippen LogP contribution in [0, 0.1) is 0 Å². The fraction of sp³-hybridized carbons (Fsp3) is 0.538. The quantitative estimate of drug-likeness (QED) is 0.735. The van der Waals surface area contributed by atoms with Gasteiger partial charge in [0.25, 0.3) is 0 Å². The van der Waals surface area contributed by atoms with Gasteiger partial charge in [0.15, 0.2) is 9.84 Å². The number of nitrogen functional groups attached to an aromatic ring is 1. The second-order valence-corrected chi connectivity index (χ2v) is 8.69. The SMILES string of the molecule is CCCC(CC)NS(=O)(=O)c1cc(S(C)(=O)=O)ccc1N. The van der Waals surface area contributed by atoms with E-state index >= 15 is 0 Å². The number of rotatable bonds is 7. The molecule has 3 N–H and O–H groups in total.